The van der Waals surface area contributed by atoms with E-state index in [2.05, 4.69) is 0 Å². The molecule has 1 aliphatic carbocycles. The lowest BCUT2D eigenvalue weighted by Crippen LogP contribution is -2.51. The third-order valence-electron chi connectivity index (χ3n) is 5.33. The normalized spacial score (nSPS) is 33.5. The average Bonchev–Trinajstić information content (AvgIpc) is 3.24. The molecule has 1 amide bonds. The predicted molar refractivity (Wildman–Crippen MR) is 91.7 cm³/mol. The monoisotopic (exact) mass is 339 g/mol. The van der Waals surface area contributed by atoms with Crippen molar-refractivity contribution in [3.05, 3.63) is 0 Å². The van der Waals surface area contributed by atoms with Crippen molar-refractivity contribution >= 4 is 6.09 Å². The highest BCUT2D eigenvalue weighted by Gasteiger charge is 2.56. The molecule has 3 aliphatic rings. The van der Waals surface area contributed by atoms with Crippen molar-refractivity contribution < 1.29 is 19.0 Å². The molecular formula is C19H33NO4. The zero-order valence-electron chi connectivity index (χ0n) is 15.8. The van der Waals surface area contributed by atoms with Crippen LogP contribution in [0.15, 0.2) is 0 Å². The number of hydrogen-bond acceptors (Lipinski definition) is 4. The van der Waals surface area contributed by atoms with Crippen LogP contribution in [-0.4, -0.2) is 47.2 Å². The Bertz CT molecular complexity index is 460. The Morgan fingerprint density at radius 3 is 2.38 bits per heavy atom. The molecule has 0 aromatic rings. The van der Waals surface area contributed by atoms with Crippen LogP contribution >= 0.6 is 0 Å². The second-order valence-electron chi connectivity index (χ2n) is 9.06. The molecule has 0 N–H and O–H groups in total. The molecule has 3 atom stereocenters. The van der Waals surface area contributed by atoms with E-state index in [9.17, 15) is 4.79 Å². The van der Waals surface area contributed by atoms with E-state index in [-0.39, 0.29) is 24.3 Å². The summed E-state index contributed by atoms with van der Waals surface area (Å²) in [5.41, 5.74) is -1.16. The van der Waals surface area contributed by atoms with Gasteiger partial charge in [-0.2, -0.15) is 0 Å². The van der Waals surface area contributed by atoms with Gasteiger partial charge in [-0.1, -0.05) is 32.1 Å². The molecule has 24 heavy (non-hydrogen) atoms. The fraction of sp³-hybridized carbons (Fsp3) is 0.947. The van der Waals surface area contributed by atoms with Crippen molar-refractivity contribution in [2.24, 2.45) is 5.92 Å². The van der Waals surface area contributed by atoms with E-state index in [1.54, 1.807) is 0 Å². The molecule has 0 spiro atoms. The van der Waals surface area contributed by atoms with E-state index < -0.39 is 11.3 Å². The van der Waals surface area contributed by atoms with Gasteiger partial charge in [0.05, 0.1) is 12.6 Å². The van der Waals surface area contributed by atoms with Gasteiger partial charge in [0.1, 0.15) is 23.5 Å². The van der Waals surface area contributed by atoms with Crippen molar-refractivity contribution in [1.29, 1.82) is 0 Å². The second kappa shape index (κ2) is 6.49. The number of rotatable bonds is 3. The van der Waals surface area contributed by atoms with E-state index in [0.717, 1.165) is 13.0 Å². The van der Waals surface area contributed by atoms with E-state index in [1.165, 1.54) is 32.1 Å². The number of amides is 1. The van der Waals surface area contributed by atoms with Gasteiger partial charge in [0.15, 0.2) is 0 Å². The summed E-state index contributed by atoms with van der Waals surface area (Å²) in [6.45, 7) is 10.4. The fourth-order valence-electron chi connectivity index (χ4n) is 4.25. The summed E-state index contributed by atoms with van der Waals surface area (Å²) in [6.07, 6.45) is 7.30. The fourth-order valence-corrected chi connectivity index (χ4v) is 4.25. The third-order valence-corrected chi connectivity index (χ3v) is 5.33. The van der Waals surface area contributed by atoms with Crippen LogP contribution in [0.3, 0.4) is 0 Å². The Morgan fingerprint density at radius 1 is 1.21 bits per heavy atom. The zero-order chi connectivity index (χ0) is 17.5. The van der Waals surface area contributed by atoms with Gasteiger partial charge >= 0.3 is 6.09 Å². The summed E-state index contributed by atoms with van der Waals surface area (Å²) in [5, 5.41) is 0. The highest BCUT2D eigenvalue weighted by Crippen LogP contribution is 2.42. The number of ether oxygens (including phenoxy) is 3. The third kappa shape index (κ3) is 4.05. The van der Waals surface area contributed by atoms with Crippen LogP contribution in [0.25, 0.3) is 0 Å². The van der Waals surface area contributed by atoms with Crippen LogP contribution in [0.1, 0.15) is 73.1 Å². The number of carbonyl (C=O) groups excluding carboxylic acids is 1. The van der Waals surface area contributed by atoms with Crippen molar-refractivity contribution in [2.45, 2.75) is 103 Å². The summed E-state index contributed by atoms with van der Waals surface area (Å²) in [6, 6.07) is 0.0467. The number of carbonyl (C=O) groups is 1. The first kappa shape index (κ1) is 18.0. The Morgan fingerprint density at radius 2 is 1.83 bits per heavy atom. The maximum absolute atomic E-state index is 12.9. The summed E-state index contributed by atoms with van der Waals surface area (Å²) in [5.74, 6) is 0.674. The summed E-state index contributed by atoms with van der Waals surface area (Å²) in [7, 11) is 0. The minimum atomic E-state index is -0.654. The van der Waals surface area contributed by atoms with Gasteiger partial charge in [0.2, 0.25) is 0 Å². The van der Waals surface area contributed by atoms with Gasteiger partial charge in [-0.15, -0.1) is 0 Å². The van der Waals surface area contributed by atoms with Gasteiger partial charge < -0.3 is 14.2 Å². The molecule has 0 bridgehead atoms. The molecule has 3 rings (SSSR count). The minimum absolute atomic E-state index is 0.0329. The van der Waals surface area contributed by atoms with E-state index in [4.69, 9.17) is 14.2 Å². The lowest BCUT2D eigenvalue weighted by Gasteiger charge is -2.36. The smallest absolute Gasteiger partial charge is 0.412 e. The Hall–Kier alpha value is -0.810. The van der Waals surface area contributed by atoms with Gasteiger partial charge in [-0.25, -0.2) is 4.79 Å². The van der Waals surface area contributed by atoms with E-state index >= 15 is 0 Å². The van der Waals surface area contributed by atoms with Crippen molar-refractivity contribution in [3.63, 3.8) is 0 Å². The summed E-state index contributed by atoms with van der Waals surface area (Å²) >= 11 is 0. The van der Waals surface area contributed by atoms with Crippen molar-refractivity contribution in [2.75, 3.05) is 6.61 Å². The number of nitrogens with zero attached hydrogens (tertiary/aromatic N) is 1. The van der Waals surface area contributed by atoms with Crippen LogP contribution in [0.4, 0.5) is 4.79 Å². The van der Waals surface area contributed by atoms with E-state index in [1.807, 2.05) is 39.5 Å². The molecule has 5 nitrogen and oxygen atoms in total. The first-order chi connectivity index (χ1) is 11.2. The van der Waals surface area contributed by atoms with Crippen LogP contribution in [0.2, 0.25) is 0 Å². The number of hydrogen-bond donors (Lipinski definition) is 0. The highest BCUT2D eigenvalue weighted by atomic mass is 16.6. The Kier molecular flexibility index (Phi) is 4.86. The zero-order valence-corrected chi connectivity index (χ0v) is 15.8. The Balaban J connectivity index is 1.79. The van der Waals surface area contributed by atoms with Crippen LogP contribution in [0, 0.1) is 5.92 Å². The largest absolute Gasteiger partial charge is 0.444 e. The topological polar surface area (TPSA) is 51.3 Å². The van der Waals surface area contributed by atoms with Crippen LogP contribution in [0.5, 0.6) is 0 Å². The van der Waals surface area contributed by atoms with Crippen molar-refractivity contribution in [1.82, 2.24) is 4.90 Å². The molecule has 2 heterocycles. The summed E-state index contributed by atoms with van der Waals surface area (Å²) in [4.78, 5) is 14.7. The molecule has 0 aromatic heterocycles. The molecule has 1 saturated carbocycles. The van der Waals surface area contributed by atoms with Crippen molar-refractivity contribution in [3.8, 4) is 0 Å². The number of epoxide rings is 1. The van der Waals surface area contributed by atoms with Gasteiger partial charge in [-0.05, 0) is 47.0 Å². The maximum atomic E-state index is 12.9. The van der Waals surface area contributed by atoms with Crippen LogP contribution < -0.4 is 0 Å². The molecule has 2 aliphatic heterocycles. The molecule has 3 fully saturated rings. The molecule has 0 radical (unpaired) electrons. The van der Waals surface area contributed by atoms with Gasteiger partial charge in [-0.3, -0.25) is 4.90 Å². The van der Waals surface area contributed by atoms with Gasteiger partial charge in [0.25, 0.3) is 0 Å². The molecule has 138 valence electrons. The maximum Gasteiger partial charge on any atom is 0.412 e. The standard InChI is InChI=1S/C19H33NO4/c1-18(2,3)24-17(21)20-14(11-13-9-7-6-8-10-13)16(15-12-22-15)23-19(20,4)5/h13-16H,6-12H2,1-5H3/t14-,15?,16+/m0/s1. The summed E-state index contributed by atoms with van der Waals surface area (Å²) < 4.78 is 17.5. The Labute approximate surface area is 146 Å². The van der Waals surface area contributed by atoms with E-state index in [0.29, 0.717) is 5.92 Å². The predicted octanol–water partition coefficient (Wildman–Crippen LogP) is 4.10. The molecule has 5 heteroatoms. The first-order valence-corrected chi connectivity index (χ1v) is 9.49. The first-order valence-electron chi connectivity index (χ1n) is 9.49. The SMILES string of the molecule is CC(C)(C)OC(=O)N1[C@@H](CC2CCCCC2)[C@H](C2CO2)OC1(C)C. The van der Waals surface area contributed by atoms with Crippen LogP contribution in [-0.2, 0) is 14.2 Å². The second-order valence-corrected chi connectivity index (χ2v) is 9.06. The lowest BCUT2D eigenvalue weighted by molar-refractivity contribution is -0.0826. The lowest BCUT2D eigenvalue weighted by atomic mass is 9.83. The quantitative estimate of drug-likeness (QED) is 0.727. The molecule has 0 aromatic carbocycles. The molecule has 2 saturated heterocycles. The highest BCUT2D eigenvalue weighted by molar-refractivity contribution is 5.70. The minimum Gasteiger partial charge on any atom is -0.444 e. The molecular weight excluding hydrogens is 306 g/mol. The average molecular weight is 339 g/mol. The van der Waals surface area contributed by atoms with Gasteiger partial charge in [0, 0.05) is 0 Å². The molecule has 1 unspecified atom stereocenters.